The van der Waals surface area contributed by atoms with E-state index in [2.05, 4.69) is 5.32 Å². The molecule has 0 heterocycles. The summed E-state index contributed by atoms with van der Waals surface area (Å²) in [4.78, 5) is 25.8. The van der Waals surface area contributed by atoms with Crippen molar-refractivity contribution in [1.29, 1.82) is 5.26 Å². The van der Waals surface area contributed by atoms with Gasteiger partial charge in [-0.15, -0.1) is 0 Å². The molecule has 27 heavy (non-hydrogen) atoms. The first-order valence-electron chi connectivity index (χ1n) is 8.74. The van der Waals surface area contributed by atoms with Crippen molar-refractivity contribution >= 4 is 23.2 Å². The van der Waals surface area contributed by atoms with Gasteiger partial charge in [0, 0.05) is 25.6 Å². The molecule has 0 aliphatic rings. The van der Waals surface area contributed by atoms with Gasteiger partial charge in [-0.05, 0) is 50.2 Å². The van der Waals surface area contributed by atoms with Gasteiger partial charge in [-0.1, -0.05) is 12.1 Å². The zero-order valence-electron chi connectivity index (χ0n) is 15.7. The number of carbonyl (C=O) groups excluding carboxylic acids is 2. The number of amides is 2. The summed E-state index contributed by atoms with van der Waals surface area (Å²) >= 11 is 0. The molecule has 0 unspecified atom stereocenters. The van der Waals surface area contributed by atoms with E-state index in [4.69, 9.17) is 10.00 Å². The molecule has 2 aromatic carbocycles. The second-order valence-corrected chi connectivity index (χ2v) is 6.29. The highest BCUT2D eigenvalue weighted by Gasteiger charge is 2.14. The van der Waals surface area contributed by atoms with Crippen molar-refractivity contribution in [2.75, 3.05) is 16.8 Å². The first-order chi connectivity index (χ1) is 12.9. The molecule has 1 N–H and O–H groups in total. The van der Waals surface area contributed by atoms with Gasteiger partial charge in [0.1, 0.15) is 11.8 Å². The van der Waals surface area contributed by atoms with Gasteiger partial charge in [0.05, 0.1) is 17.4 Å². The van der Waals surface area contributed by atoms with E-state index in [1.807, 2.05) is 19.9 Å². The summed E-state index contributed by atoms with van der Waals surface area (Å²) in [5, 5.41) is 11.8. The highest BCUT2D eigenvalue weighted by atomic mass is 16.5. The molecular formula is C21H23N3O3. The Labute approximate surface area is 159 Å². The van der Waals surface area contributed by atoms with Crippen LogP contribution >= 0.6 is 0 Å². The summed E-state index contributed by atoms with van der Waals surface area (Å²) in [5.41, 5.74) is 1.56. The number of benzene rings is 2. The molecule has 140 valence electrons. The molecule has 0 radical (unpaired) electrons. The predicted octanol–water partition coefficient (Wildman–Crippen LogP) is 3.73. The standard InChI is InChI=1S/C21H23N3O3/c1-15(2)27-19-10-8-18(9-11-19)24(16(3)25)13-12-21(26)23-20-7-5-4-6-17(20)14-22/h4-11,15H,12-13H2,1-3H3,(H,23,26). The number of anilines is 2. The van der Waals surface area contributed by atoms with Crippen LogP contribution in [0.1, 0.15) is 32.8 Å². The Morgan fingerprint density at radius 1 is 1.15 bits per heavy atom. The van der Waals surface area contributed by atoms with E-state index >= 15 is 0 Å². The molecule has 2 rings (SSSR count). The van der Waals surface area contributed by atoms with Crippen molar-refractivity contribution < 1.29 is 14.3 Å². The third kappa shape index (κ3) is 5.86. The van der Waals surface area contributed by atoms with Crippen LogP contribution in [0.15, 0.2) is 48.5 Å². The highest BCUT2D eigenvalue weighted by molar-refractivity contribution is 5.95. The van der Waals surface area contributed by atoms with Gasteiger partial charge in [-0.25, -0.2) is 0 Å². The Hall–Kier alpha value is -3.33. The lowest BCUT2D eigenvalue weighted by Gasteiger charge is -2.21. The lowest BCUT2D eigenvalue weighted by Crippen LogP contribution is -2.32. The molecule has 0 saturated carbocycles. The molecule has 0 aromatic heterocycles. The molecular weight excluding hydrogens is 342 g/mol. The van der Waals surface area contributed by atoms with Gasteiger partial charge in [0.25, 0.3) is 0 Å². The quantitative estimate of drug-likeness (QED) is 0.810. The summed E-state index contributed by atoms with van der Waals surface area (Å²) in [5.74, 6) is 0.310. The molecule has 2 amide bonds. The minimum Gasteiger partial charge on any atom is -0.491 e. The fraction of sp³-hybridized carbons (Fsp3) is 0.286. The molecule has 0 bridgehead atoms. The van der Waals surface area contributed by atoms with Crippen molar-refractivity contribution in [2.24, 2.45) is 0 Å². The predicted molar refractivity (Wildman–Crippen MR) is 105 cm³/mol. The molecule has 0 spiro atoms. The van der Waals surface area contributed by atoms with Crippen LogP contribution in [0, 0.1) is 11.3 Å². The molecule has 0 fully saturated rings. The molecule has 6 nitrogen and oxygen atoms in total. The first-order valence-corrected chi connectivity index (χ1v) is 8.74. The van der Waals surface area contributed by atoms with Gasteiger partial charge >= 0.3 is 0 Å². The van der Waals surface area contributed by atoms with Gasteiger partial charge in [-0.2, -0.15) is 5.26 Å². The molecule has 2 aromatic rings. The lowest BCUT2D eigenvalue weighted by atomic mass is 10.2. The van der Waals surface area contributed by atoms with E-state index in [9.17, 15) is 9.59 Å². The van der Waals surface area contributed by atoms with E-state index in [0.717, 1.165) is 5.75 Å². The minimum absolute atomic E-state index is 0.0692. The second kappa shape index (κ2) is 9.39. The van der Waals surface area contributed by atoms with Gasteiger partial charge in [0.15, 0.2) is 0 Å². The van der Waals surface area contributed by atoms with Gasteiger partial charge in [-0.3, -0.25) is 9.59 Å². The fourth-order valence-corrected chi connectivity index (χ4v) is 2.56. The summed E-state index contributed by atoms with van der Waals surface area (Å²) in [6.07, 6.45) is 0.184. The number of ether oxygens (including phenoxy) is 1. The minimum atomic E-state index is -0.260. The van der Waals surface area contributed by atoms with Crippen LogP contribution in [-0.2, 0) is 9.59 Å². The van der Waals surface area contributed by atoms with Crippen molar-refractivity contribution in [3.8, 4) is 11.8 Å². The third-order valence-electron chi connectivity index (χ3n) is 3.78. The van der Waals surface area contributed by atoms with E-state index in [1.165, 1.54) is 11.8 Å². The normalized spacial score (nSPS) is 10.2. The number of hydrogen-bond donors (Lipinski definition) is 1. The SMILES string of the molecule is CC(=O)N(CCC(=O)Nc1ccccc1C#N)c1ccc(OC(C)C)cc1. The average Bonchev–Trinajstić information content (AvgIpc) is 2.63. The van der Waals surface area contributed by atoms with Crippen LogP contribution in [0.3, 0.4) is 0 Å². The third-order valence-corrected chi connectivity index (χ3v) is 3.78. The largest absolute Gasteiger partial charge is 0.491 e. The van der Waals surface area contributed by atoms with Crippen LogP contribution in [0.5, 0.6) is 5.75 Å². The molecule has 0 aliphatic carbocycles. The number of nitriles is 1. The van der Waals surface area contributed by atoms with Crippen LogP contribution in [-0.4, -0.2) is 24.5 Å². The number of rotatable bonds is 7. The number of nitrogens with zero attached hydrogens (tertiary/aromatic N) is 2. The zero-order valence-corrected chi connectivity index (χ0v) is 15.7. The number of nitrogens with one attached hydrogen (secondary N) is 1. The Kier molecular flexibility index (Phi) is 6.95. The Bertz CT molecular complexity index is 838. The maximum atomic E-state index is 12.2. The average molecular weight is 365 g/mol. The van der Waals surface area contributed by atoms with E-state index in [1.54, 1.807) is 48.5 Å². The van der Waals surface area contributed by atoms with Crippen LogP contribution in [0.4, 0.5) is 11.4 Å². The number of carbonyl (C=O) groups is 2. The molecule has 0 saturated heterocycles. The second-order valence-electron chi connectivity index (χ2n) is 6.29. The van der Waals surface area contributed by atoms with Gasteiger partial charge < -0.3 is 15.0 Å². The maximum absolute atomic E-state index is 12.2. The Morgan fingerprint density at radius 2 is 1.81 bits per heavy atom. The number of para-hydroxylation sites is 1. The van der Waals surface area contributed by atoms with Crippen molar-refractivity contribution in [1.82, 2.24) is 0 Å². The molecule has 6 heteroatoms. The van der Waals surface area contributed by atoms with Crippen LogP contribution in [0.25, 0.3) is 0 Å². The monoisotopic (exact) mass is 365 g/mol. The van der Waals surface area contributed by atoms with Crippen molar-refractivity contribution in [3.05, 3.63) is 54.1 Å². The Morgan fingerprint density at radius 3 is 2.41 bits per heavy atom. The smallest absolute Gasteiger partial charge is 0.226 e. The van der Waals surface area contributed by atoms with Crippen molar-refractivity contribution in [2.45, 2.75) is 33.3 Å². The van der Waals surface area contributed by atoms with Crippen LogP contribution in [0.2, 0.25) is 0 Å². The van der Waals surface area contributed by atoms with E-state index in [-0.39, 0.29) is 30.9 Å². The van der Waals surface area contributed by atoms with E-state index in [0.29, 0.717) is 16.9 Å². The van der Waals surface area contributed by atoms with Gasteiger partial charge in [0.2, 0.25) is 11.8 Å². The summed E-state index contributed by atoms with van der Waals surface area (Å²) < 4.78 is 5.60. The highest BCUT2D eigenvalue weighted by Crippen LogP contribution is 2.21. The summed E-state index contributed by atoms with van der Waals surface area (Å²) in [7, 11) is 0. The lowest BCUT2D eigenvalue weighted by molar-refractivity contribution is -0.117. The topological polar surface area (TPSA) is 82.4 Å². The molecule has 0 aliphatic heterocycles. The van der Waals surface area contributed by atoms with E-state index < -0.39 is 0 Å². The summed E-state index contributed by atoms with van der Waals surface area (Å²) in [6.45, 7) is 5.58. The first kappa shape index (κ1) is 20.0. The number of hydrogen-bond acceptors (Lipinski definition) is 4. The van der Waals surface area contributed by atoms with Crippen molar-refractivity contribution in [3.63, 3.8) is 0 Å². The summed E-state index contributed by atoms with van der Waals surface area (Å²) in [6, 6.07) is 16.0. The fourth-order valence-electron chi connectivity index (χ4n) is 2.56. The molecule has 0 atom stereocenters. The maximum Gasteiger partial charge on any atom is 0.226 e. The zero-order chi connectivity index (χ0) is 19.8. The van der Waals surface area contributed by atoms with Crippen LogP contribution < -0.4 is 15.0 Å². The Balaban J connectivity index is 2.01.